The normalized spacial score (nSPS) is 11.2. The summed E-state index contributed by atoms with van der Waals surface area (Å²) in [5.41, 5.74) is 7.25. The Balaban J connectivity index is 0.00000312. The van der Waals surface area contributed by atoms with Gasteiger partial charge in [0, 0.05) is 18.7 Å². The number of nitrogens with two attached hydrogens (primary N) is 1. The summed E-state index contributed by atoms with van der Waals surface area (Å²) in [7, 11) is 1.64. The zero-order valence-corrected chi connectivity index (χ0v) is 15.3. The van der Waals surface area contributed by atoms with Crippen LogP contribution in [0.2, 0.25) is 0 Å². The number of carbonyl (C=O) groups excluding carboxylic acids is 1. The van der Waals surface area contributed by atoms with Gasteiger partial charge in [0.25, 0.3) is 0 Å². The van der Waals surface area contributed by atoms with E-state index in [0.717, 1.165) is 22.7 Å². The molecular formula is C19H25ClN2O3. The van der Waals surface area contributed by atoms with Crippen molar-refractivity contribution in [2.24, 2.45) is 5.73 Å². The van der Waals surface area contributed by atoms with Crippen LogP contribution in [0.5, 0.6) is 11.5 Å². The molecule has 0 saturated carbocycles. The van der Waals surface area contributed by atoms with E-state index in [4.69, 9.17) is 15.2 Å². The van der Waals surface area contributed by atoms with Crippen LogP contribution in [0.25, 0.3) is 0 Å². The number of halogens is 1. The summed E-state index contributed by atoms with van der Waals surface area (Å²) in [6, 6.07) is 15.1. The molecule has 0 aliphatic rings. The maximum Gasteiger partial charge on any atom is 0.224 e. The van der Waals surface area contributed by atoms with Gasteiger partial charge in [-0.3, -0.25) is 4.79 Å². The molecule has 0 radical (unpaired) electrons. The van der Waals surface area contributed by atoms with Gasteiger partial charge in [-0.15, -0.1) is 12.4 Å². The van der Waals surface area contributed by atoms with Gasteiger partial charge in [-0.1, -0.05) is 19.1 Å². The number of benzene rings is 2. The molecule has 1 unspecified atom stereocenters. The molecule has 3 N–H and O–H groups in total. The lowest BCUT2D eigenvalue weighted by atomic mass is 9.97. The highest BCUT2D eigenvalue weighted by Crippen LogP contribution is 2.23. The fraction of sp³-hybridized carbons (Fsp3) is 0.316. The minimum Gasteiger partial charge on any atom is -0.497 e. The van der Waals surface area contributed by atoms with Crippen LogP contribution in [0.3, 0.4) is 0 Å². The molecule has 6 heteroatoms. The lowest BCUT2D eigenvalue weighted by Gasteiger charge is -2.13. The van der Waals surface area contributed by atoms with Gasteiger partial charge < -0.3 is 20.5 Å². The molecular weight excluding hydrogens is 340 g/mol. The highest BCUT2D eigenvalue weighted by Gasteiger charge is 2.11. The van der Waals surface area contributed by atoms with Crippen molar-refractivity contribution in [3.8, 4) is 11.5 Å². The highest BCUT2D eigenvalue weighted by atomic mass is 35.5. The Hall–Kier alpha value is -2.24. The van der Waals surface area contributed by atoms with E-state index in [0.29, 0.717) is 19.6 Å². The molecule has 2 rings (SSSR count). The molecule has 0 saturated heterocycles. The summed E-state index contributed by atoms with van der Waals surface area (Å²) < 4.78 is 10.6. The second-order valence-electron chi connectivity index (χ2n) is 5.59. The van der Waals surface area contributed by atoms with Crippen LogP contribution in [0.15, 0.2) is 48.5 Å². The molecule has 136 valence electrons. The standard InChI is InChI=1S/C19H24N2O3.ClH/c1-14(15-3-7-17(23-2)8-4-15)13-19(22)21-16-5-9-18(10-6-16)24-12-11-20;/h3-10,14H,11-13,20H2,1-2H3,(H,21,22);1H. The van der Waals surface area contributed by atoms with Crippen LogP contribution in [0, 0.1) is 0 Å². The van der Waals surface area contributed by atoms with E-state index in [1.54, 1.807) is 7.11 Å². The van der Waals surface area contributed by atoms with E-state index in [1.807, 2.05) is 55.5 Å². The number of rotatable bonds is 8. The lowest BCUT2D eigenvalue weighted by molar-refractivity contribution is -0.116. The number of carbonyl (C=O) groups is 1. The quantitative estimate of drug-likeness (QED) is 0.750. The van der Waals surface area contributed by atoms with Crippen molar-refractivity contribution in [2.75, 3.05) is 25.6 Å². The Morgan fingerprint density at radius 2 is 1.68 bits per heavy atom. The van der Waals surface area contributed by atoms with Gasteiger partial charge >= 0.3 is 0 Å². The third-order valence-corrected chi connectivity index (χ3v) is 3.70. The molecule has 0 bridgehead atoms. The Bertz CT molecular complexity index is 645. The summed E-state index contributed by atoms with van der Waals surface area (Å²) in [5, 5.41) is 2.90. The molecule has 0 spiro atoms. The predicted octanol–water partition coefficient (Wildman–Crippen LogP) is 3.59. The summed E-state index contributed by atoms with van der Waals surface area (Å²) >= 11 is 0. The van der Waals surface area contributed by atoms with E-state index in [2.05, 4.69) is 5.32 Å². The van der Waals surface area contributed by atoms with Crippen LogP contribution in [-0.2, 0) is 4.79 Å². The van der Waals surface area contributed by atoms with E-state index >= 15 is 0 Å². The molecule has 1 amide bonds. The zero-order chi connectivity index (χ0) is 17.4. The summed E-state index contributed by atoms with van der Waals surface area (Å²) in [4.78, 5) is 12.2. The van der Waals surface area contributed by atoms with Crippen molar-refractivity contribution < 1.29 is 14.3 Å². The lowest BCUT2D eigenvalue weighted by Crippen LogP contribution is -2.14. The topological polar surface area (TPSA) is 73.6 Å². The van der Waals surface area contributed by atoms with Gasteiger partial charge in [0.2, 0.25) is 5.91 Å². The number of hydrogen-bond donors (Lipinski definition) is 2. The van der Waals surface area contributed by atoms with E-state index in [-0.39, 0.29) is 24.2 Å². The molecule has 0 aromatic heterocycles. The van der Waals surface area contributed by atoms with Crippen molar-refractivity contribution in [1.29, 1.82) is 0 Å². The second kappa shape index (κ2) is 10.6. The van der Waals surface area contributed by atoms with Gasteiger partial charge in [0.1, 0.15) is 18.1 Å². The van der Waals surface area contributed by atoms with Gasteiger partial charge in [0.05, 0.1) is 7.11 Å². The molecule has 25 heavy (non-hydrogen) atoms. The number of hydrogen-bond acceptors (Lipinski definition) is 4. The molecule has 0 fully saturated rings. The first-order valence-corrected chi connectivity index (χ1v) is 7.99. The molecule has 0 aliphatic heterocycles. The first-order chi connectivity index (χ1) is 11.6. The molecule has 0 heterocycles. The largest absolute Gasteiger partial charge is 0.497 e. The molecule has 2 aromatic rings. The SMILES string of the molecule is COc1ccc(C(C)CC(=O)Nc2ccc(OCCN)cc2)cc1.Cl. The maximum atomic E-state index is 12.2. The first kappa shape index (κ1) is 20.8. The predicted molar refractivity (Wildman–Crippen MR) is 103 cm³/mol. The first-order valence-electron chi connectivity index (χ1n) is 7.99. The van der Waals surface area contributed by atoms with Gasteiger partial charge in [-0.05, 0) is 47.9 Å². The van der Waals surface area contributed by atoms with Crippen LogP contribution in [-0.4, -0.2) is 26.2 Å². The number of methoxy groups -OCH3 is 1. The fourth-order valence-electron chi connectivity index (χ4n) is 2.35. The van der Waals surface area contributed by atoms with Crippen LogP contribution in [0.4, 0.5) is 5.69 Å². The van der Waals surface area contributed by atoms with Crippen molar-refractivity contribution in [3.63, 3.8) is 0 Å². The summed E-state index contributed by atoms with van der Waals surface area (Å²) in [6.45, 7) is 2.98. The van der Waals surface area contributed by atoms with E-state index < -0.39 is 0 Å². The Labute approximate surface area is 154 Å². The van der Waals surface area contributed by atoms with Crippen LogP contribution >= 0.6 is 12.4 Å². The van der Waals surface area contributed by atoms with Crippen LogP contribution in [0.1, 0.15) is 24.8 Å². The average Bonchev–Trinajstić information content (AvgIpc) is 2.61. The number of nitrogens with one attached hydrogen (secondary N) is 1. The van der Waals surface area contributed by atoms with Crippen molar-refractivity contribution in [3.05, 3.63) is 54.1 Å². The minimum atomic E-state index is -0.0195. The molecule has 5 nitrogen and oxygen atoms in total. The smallest absolute Gasteiger partial charge is 0.224 e. The number of ether oxygens (including phenoxy) is 2. The Kier molecular flexibility index (Phi) is 8.81. The van der Waals surface area contributed by atoms with Crippen molar-refractivity contribution in [1.82, 2.24) is 0 Å². The van der Waals surface area contributed by atoms with Crippen molar-refractivity contribution in [2.45, 2.75) is 19.3 Å². The highest BCUT2D eigenvalue weighted by molar-refractivity contribution is 5.91. The Morgan fingerprint density at radius 1 is 1.08 bits per heavy atom. The van der Waals surface area contributed by atoms with E-state index in [1.165, 1.54) is 0 Å². The average molecular weight is 365 g/mol. The third kappa shape index (κ3) is 6.64. The fourth-order valence-corrected chi connectivity index (χ4v) is 2.35. The summed E-state index contributed by atoms with van der Waals surface area (Å²) in [6.07, 6.45) is 0.414. The molecule has 0 aliphatic carbocycles. The minimum absolute atomic E-state index is 0. The number of amides is 1. The monoisotopic (exact) mass is 364 g/mol. The third-order valence-electron chi connectivity index (χ3n) is 3.70. The van der Waals surface area contributed by atoms with Gasteiger partial charge in [0.15, 0.2) is 0 Å². The van der Waals surface area contributed by atoms with Gasteiger partial charge in [-0.2, -0.15) is 0 Å². The zero-order valence-electron chi connectivity index (χ0n) is 14.5. The maximum absolute atomic E-state index is 12.2. The van der Waals surface area contributed by atoms with Gasteiger partial charge in [-0.25, -0.2) is 0 Å². The molecule has 1 atom stereocenters. The molecule has 2 aromatic carbocycles. The second-order valence-corrected chi connectivity index (χ2v) is 5.59. The Morgan fingerprint density at radius 3 is 2.24 bits per heavy atom. The number of anilines is 1. The summed E-state index contributed by atoms with van der Waals surface area (Å²) in [5.74, 6) is 1.66. The van der Waals surface area contributed by atoms with Crippen molar-refractivity contribution >= 4 is 24.0 Å². The van der Waals surface area contributed by atoms with E-state index in [9.17, 15) is 4.79 Å². The van der Waals surface area contributed by atoms with Crippen LogP contribution < -0.4 is 20.5 Å².